The Hall–Kier alpha value is -3.15. The molecule has 2 aromatic carbocycles. The van der Waals surface area contributed by atoms with Crippen molar-refractivity contribution in [3.05, 3.63) is 53.6 Å². The van der Waals surface area contributed by atoms with Crippen molar-refractivity contribution in [2.45, 2.75) is 6.92 Å². The molecule has 0 radical (unpaired) electrons. The van der Waals surface area contributed by atoms with Crippen LogP contribution in [-0.4, -0.2) is 36.6 Å². The van der Waals surface area contributed by atoms with E-state index in [0.717, 1.165) is 11.3 Å². The molecule has 1 N–H and O–H groups in total. The third-order valence-electron chi connectivity index (χ3n) is 3.78. The molecule has 0 atom stereocenters. The maximum Gasteiger partial charge on any atom is 0.279 e. The number of benzene rings is 2. The van der Waals surface area contributed by atoms with Gasteiger partial charge in [-0.05, 0) is 36.8 Å². The Morgan fingerprint density at radius 1 is 1.25 bits per heavy atom. The third kappa shape index (κ3) is 2.74. The first-order valence-electron chi connectivity index (χ1n) is 7.55. The van der Waals surface area contributed by atoms with Crippen molar-refractivity contribution in [1.82, 2.24) is 0 Å². The molecule has 6 heteroatoms. The Labute approximate surface area is 139 Å². The largest absolute Gasteiger partial charge is 0.504 e. The first-order valence-corrected chi connectivity index (χ1v) is 7.55. The van der Waals surface area contributed by atoms with Gasteiger partial charge in [-0.25, -0.2) is 0 Å². The van der Waals surface area contributed by atoms with Gasteiger partial charge in [-0.3, -0.25) is 4.79 Å². The minimum atomic E-state index is -0.159. The molecule has 2 aromatic rings. The Bertz CT molecular complexity index is 843. The maximum absolute atomic E-state index is 12.4. The molecule has 0 spiro atoms. The first kappa shape index (κ1) is 15.7. The van der Waals surface area contributed by atoms with Crippen molar-refractivity contribution in [2.75, 3.05) is 18.6 Å². The van der Waals surface area contributed by atoms with Gasteiger partial charge in [0.2, 0.25) is 0 Å². The number of amides is 1. The molecule has 24 heavy (non-hydrogen) atoms. The highest BCUT2D eigenvalue weighted by Gasteiger charge is 2.32. The summed E-state index contributed by atoms with van der Waals surface area (Å²) in [4.78, 5) is 14.1. The fourth-order valence-corrected chi connectivity index (χ4v) is 2.61. The molecule has 0 aliphatic carbocycles. The van der Waals surface area contributed by atoms with Crippen molar-refractivity contribution >= 4 is 23.5 Å². The second-order valence-corrected chi connectivity index (χ2v) is 5.19. The first-order chi connectivity index (χ1) is 11.7. The number of carbonyl (C=O) groups is 1. The molecule has 0 aromatic heterocycles. The minimum Gasteiger partial charge on any atom is -0.504 e. The predicted octanol–water partition coefficient (Wildman–Crippen LogP) is 2.59. The normalized spacial score (nSPS) is 15.3. The number of hydrogen-bond donors (Lipinski definition) is 1. The van der Waals surface area contributed by atoms with Crippen molar-refractivity contribution in [2.24, 2.45) is 10.2 Å². The zero-order valence-electron chi connectivity index (χ0n) is 13.4. The molecule has 0 saturated carbocycles. The lowest BCUT2D eigenvalue weighted by Crippen LogP contribution is -2.29. The fraction of sp³-hybridized carbons (Fsp3) is 0.167. The van der Waals surface area contributed by atoms with E-state index in [0.29, 0.717) is 23.6 Å². The Balaban J connectivity index is 1.89. The molecule has 122 valence electrons. The summed E-state index contributed by atoms with van der Waals surface area (Å²) in [6.07, 6.45) is 1.48. The highest BCUT2D eigenvalue weighted by Crippen LogP contribution is 2.29. The number of fused-ring (bicyclic) bond motifs is 1. The van der Waals surface area contributed by atoms with Gasteiger partial charge in [0.25, 0.3) is 5.91 Å². The van der Waals surface area contributed by atoms with E-state index in [1.807, 2.05) is 31.2 Å². The van der Waals surface area contributed by atoms with Gasteiger partial charge in [-0.2, -0.15) is 5.10 Å². The lowest BCUT2D eigenvalue weighted by atomic mass is 10.1. The number of phenolic OH excluding ortho intramolecular Hbond substituents is 1. The summed E-state index contributed by atoms with van der Waals surface area (Å²) < 4.78 is 4.99. The van der Waals surface area contributed by atoms with Crippen LogP contribution in [0.4, 0.5) is 5.69 Å². The van der Waals surface area contributed by atoms with Crippen molar-refractivity contribution in [3.63, 3.8) is 0 Å². The highest BCUT2D eigenvalue weighted by molar-refractivity contribution is 6.54. The lowest BCUT2D eigenvalue weighted by Gasteiger charge is -2.12. The van der Waals surface area contributed by atoms with Crippen LogP contribution in [0.5, 0.6) is 11.5 Å². The number of aromatic hydroxyl groups is 1. The molecular formula is C18H17N3O3. The number of rotatable bonds is 4. The number of anilines is 1. The molecule has 6 nitrogen and oxygen atoms in total. The van der Waals surface area contributed by atoms with Gasteiger partial charge in [-0.15, -0.1) is 5.10 Å². The van der Waals surface area contributed by atoms with E-state index in [2.05, 4.69) is 10.2 Å². The minimum absolute atomic E-state index is 0.0218. The standard InChI is InChI=1S/C18H17N3O3/c1-3-21-14-7-5-4-6-13(14)17(18(21)23)20-19-11-12-8-9-16(24-2)15(22)10-12/h4-11,22H,3H2,1-2H3/b19-11-,20-17+. The zero-order chi connectivity index (χ0) is 17.1. The molecule has 1 heterocycles. The van der Waals surface area contributed by atoms with Gasteiger partial charge >= 0.3 is 0 Å². The Morgan fingerprint density at radius 2 is 2.04 bits per heavy atom. The second kappa shape index (κ2) is 6.54. The average molecular weight is 323 g/mol. The van der Waals surface area contributed by atoms with Gasteiger partial charge < -0.3 is 14.7 Å². The van der Waals surface area contributed by atoms with Gasteiger partial charge in [0, 0.05) is 12.1 Å². The molecular weight excluding hydrogens is 306 g/mol. The maximum atomic E-state index is 12.4. The van der Waals surface area contributed by atoms with Gasteiger partial charge in [-0.1, -0.05) is 18.2 Å². The van der Waals surface area contributed by atoms with Crippen LogP contribution in [0.25, 0.3) is 0 Å². The molecule has 1 amide bonds. The van der Waals surface area contributed by atoms with Crippen LogP contribution in [0.15, 0.2) is 52.7 Å². The summed E-state index contributed by atoms with van der Waals surface area (Å²) in [5, 5.41) is 17.9. The number of methoxy groups -OCH3 is 1. The number of nitrogens with zero attached hydrogens (tertiary/aromatic N) is 3. The summed E-state index contributed by atoms with van der Waals surface area (Å²) in [5.74, 6) is 0.249. The summed E-state index contributed by atoms with van der Waals surface area (Å²) in [7, 11) is 1.48. The number of ether oxygens (including phenoxy) is 1. The quantitative estimate of drug-likeness (QED) is 0.694. The van der Waals surface area contributed by atoms with Crippen LogP contribution in [0.1, 0.15) is 18.1 Å². The number of phenols is 1. The summed E-state index contributed by atoms with van der Waals surface area (Å²) >= 11 is 0. The van der Waals surface area contributed by atoms with E-state index in [4.69, 9.17) is 4.74 Å². The number of para-hydroxylation sites is 1. The lowest BCUT2D eigenvalue weighted by molar-refractivity contribution is -0.112. The van der Waals surface area contributed by atoms with Crippen LogP contribution >= 0.6 is 0 Å². The number of carbonyl (C=O) groups excluding carboxylic acids is 1. The molecule has 3 rings (SSSR count). The Morgan fingerprint density at radius 3 is 2.75 bits per heavy atom. The van der Waals surface area contributed by atoms with Crippen molar-refractivity contribution in [1.29, 1.82) is 0 Å². The summed E-state index contributed by atoms with van der Waals surface area (Å²) in [6, 6.07) is 12.4. The van der Waals surface area contributed by atoms with Crippen LogP contribution in [0.3, 0.4) is 0 Å². The Kier molecular flexibility index (Phi) is 4.29. The van der Waals surface area contributed by atoms with E-state index < -0.39 is 0 Å². The molecule has 0 unspecified atom stereocenters. The molecule has 1 aliphatic rings. The molecule has 0 bridgehead atoms. The van der Waals surface area contributed by atoms with Gasteiger partial charge in [0.1, 0.15) is 0 Å². The summed E-state index contributed by atoms with van der Waals surface area (Å²) in [5.41, 5.74) is 2.60. The van der Waals surface area contributed by atoms with Crippen LogP contribution in [0.2, 0.25) is 0 Å². The smallest absolute Gasteiger partial charge is 0.279 e. The van der Waals surface area contributed by atoms with E-state index in [1.165, 1.54) is 19.4 Å². The predicted molar refractivity (Wildman–Crippen MR) is 93.3 cm³/mol. The fourth-order valence-electron chi connectivity index (χ4n) is 2.61. The molecule has 0 fully saturated rings. The zero-order valence-corrected chi connectivity index (χ0v) is 13.4. The van der Waals surface area contributed by atoms with Gasteiger partial charge in [0.05, 0.1) is 19.0 Å². The second-order valence-electron chi connectivity index (χ2n) is 5.19. The monoisotopic (exact) mass is 323 g/mol. The third-order valence-corrected chi connectivity index (χ3v) is 3.78. The highest BCUT2D eigenvalue weighted by atomic mass is 16.5. The SMILES string of the molecule is CCN1C(=O)/C(=N/N=C\c2ccc(OC)c(O)c2)c2ccccc21. The number of likely N-dealkylation sites (N-methyl/N-ethyl adjacent to an activating group) is 1. The van der Waals surface area contributed by atoms with Crippen LogP contribution in [0, 0.1) is 0 Å². The van der Waals surface area contributed by atoms with Crippen molar-refractivity contribution in [3.8, 4) is 11.5 Å². The van der Waals surface area contributed by atoms with Crippen LogP contribution in [-0.2, 0) is 4.79 Å². The van der Waals surface area contributed by atoms with Gasteiger partial charge in [0.15, 0.2) is 17.2 Å². The topological polar surface area (TPSA) is 74.5 Å². The van der Waals surface area contributed by atoms with Crippen LogP contribution < -0.4 is 9.64 Å². The van der Waals surface area contributed by atoms with E-state index in [-0.39, 0.29) is 11.7 Å². The molecule has 0 saturated heterocycles. The van der Waals surface area contributed by atoms with E-state index in [9.17, 15) is 9.90 Å². The number of hydrogen-bond acceptors (Lipinski definition) is 5. The average Bonchev–Trinajstić information content (AvgIpc) is 2.86. The van der Waals surface area contributed by atoms with Crippen molar-refractivity contribution < 1.29 is 14.6 Å². The van der Waals surface area contributed by atoms with E-state index >= 15 is 0 Å². The van der Waals surface area contributed by atoms with E-state index in [1.54, 1.807) is 17.0 Å². The molecule has 1 aliphatic heterocycles. The summed E-state index contributed by atoms with van der Waals surface area (Å²) in [6.45, 7) is 2.49.